The molecule has 0 aliphatic rings. The molecule has 100 valence electrons. The molecule has 0 saturated heterocycles. The summed E-state index contributed by atoms with van der Waals surface area (Å²) in [6.45, 7) is 1.87. The van der Waals surface area contributed by atoms with E-state index in [1.807, 2.05) is 31.2 Å². The van der Waals surface area contributed by atoms with E-state index in [0.29, 0.717) is 5.56 Å². The van der Waals surface area contributed by atoms with E-state index in [0.717, 1.165) is 21.3 Å². The number of halogens is 3. The first-order chi connectivity index (χ1) is 9.02. The van der Waals surface area contributed by atoms with E-state index < -0.39 is 0 Å². The van der Waals surface area contributed by atoms with E-state index in [1.165, 1.54) is 6.07 Å². The summed E-state index contributed by atoms with van der Waals surface area (Å²) in [6, 6.07) is 10.9. The number of ether oxygens (including phenoxy) is 1. The smallest absolute Gasteiger partial charge is 0.128 e. The Bertz CT molecular complexity index is 599. The van der Waals surface area contributed by atoms with Crippen molar-refractivity contribution >= 4 is 31.9 Å². The molecule has 0 aliphatic heterocycles. The third-order valence-corrected chi connectivity index (χ3v) is 4.37. The largest absolute Gasteiger partial charge is 0.496 e. The maximum Gasteiger partial charge on any atom is 0.128 e. The highest BCUT2D eigenvalue weighted by molar-refractivity contribution is 9.10. The van der Waals surface area contributed by atoms with Gasteiger partial charge in [-0.05, 0) is 36.8 Å². The molecule has 1 atom stereocenters. The molecule has 0 heterocycles. The Morgan fingerprint density at radius 1 is 1.11 bits per heavy atom. The van der Waals surface area contributed by atoms with Crippen molar-refractivity contribution in [2.45, 2.75) is 11.8 Å². The van der Waals surface area contributed by atoms with Crippen LogP contribution in [-0.2, 0) is 0 Å². The van der Waals surface area contributed by atoms with Gasteiger partial charge in [-0.3, -0.25) is 0 Å². The zero-order valence-electron chi connectivity index (χ0n) is 10.6. The van der Waals surface area contributed by atoms with Gasteiger partial charge >= 0.3 is 0 Å². The van der Waals surface area contributed by atoms with Gasteiger partial charge in [0, 0.05) is 15.6 Å². The van der Waals surface area contributed by atoms with Crippen molar-refractivity contribution in [2.75, 3.05) is 7.11 Å². The normalized spacial score (nSPS) is 12.3. The van der Waals surface area contributed by atoms with Gasteiger partial charge < -0.3 is 4.74 Å². The maximum absolute atomic E-state index is 14.0. The second-order valence-electron chi connectivity index (χ2n) is 4.27. The molecule has 19 heavy (non-hydrogen) atoms. The number of hydrogen-bond acceptors (Lipinski definition) is 1. The average molecular weight is 388 g/mol. The molecule has 0 radical (unpaired) electrons. The minimum absolute atomic E-state index is 0.219. The predicted molar refractivity (Wildman–Crippen MR) is 82.6 cm³/mol. The molecule has 0 spiro atoms. The fraction of sp³-hybridized carbons (Fsp3) is 0.200. The van der Waals surface area contributed by atoms with E-state index in [-0.39, 0.29) is 10.6 Å². The van der Waals surface area contributed by atoms with Crippen molar-refractivity contribution in [2.24, 2.45) is 0 Å². The molecule has 0 bridgehead atoms. The van der Waals surface area contributed by atoms with E-state index in [4.69, 9.17) is 4.74 Å². The van der Waals surface area contributed by atoms with Gasteiger partial charge in [0.05, 0.1) is 11.9 Å². The highest BCUT2D eigenvalue weighted by Gasteiger charge is 2.19. The van der Waals surface area contributed by atoms with Crippen LogP contribution in [0.3, 0.4) is 0 Å². The molecular weight excluding hydrogens is 375 g/mol. The molecule has 2 aromatic rings. The minimum atomic E-state index is -0.249. The van der Waals surface area contributed by atoms with Gasteiger partial charge in [0.25, 0.3) is 0 Å². The van der Waals surface area contributed by atoms with Gasteiger partial charge in [-0.25, -0.2) is 4.39 Å². The van der Waals surface area contributed by atoms with Crippen LogP contribution in [0.4, 0.5) is 4.39 Å². The van der Waals surface area contributed by atoms with Gasteiger partial charge in [0.2, 0.25) is 0 Å². The standard InChI is InChI=1S/C15H13Br2FO/c1-9-3-5-11(13(18)7-9)15(17)12-8-10(16)4-6-14(12)19-2/h3-8,15H,1-2H3. The first-order valence-electron chi connectivity index (χ1n) is 5.76. The number of rotatable bonds is 3. The third-order valence-electron chi connectivity index (χ3n) is 2.89. The molecule has 0 aliphatic carbocycles. The van der Waals surface area contributed by atoms with E-state index in [1.54, 1.807) is 13.2 Å². The molecule has 1 unspecified atom stereocenters. The van der Waals surface area contributed by atoms with Crippen LogP contribution >= 0.6 is 31.9 Å². The lowest BCUT2D eigenvalue weighted by molar-refractivity contribution is 0.410. The second kappa shape index (κ2) is 6.06. The molecule has 0 fully saturated rings. The van der Waals surface area contributed by atoms with Gasteiger partial charge in [0.1, 0.15) is 11.6 Å². The SMILES string of the molecule is COc1ccc(Br)cc1C(Br)c1ccc(C)cc1F. The molecule has 0 amide bonds. The Kier molecular flexibility index (Phi) is 4.63. The lowest BCUT2D eigenvalue weighted by atomic mass is 10.0. The average Bonchev–Trinajstić information content (AvgIpc) is 2.38. The number of hydrogen-bond donors (Lipinski definition) is 0. The Morgan fingerprint density at radius 3 is 2.47 bits per heavy atom. The van der Waals surface area contributed by atoms with Crippen LogP contribution in [-0.4, -0.2) is 7.11 Å². The van der Waals surface area contributed by atoms with Gasteiger partial charge in [0.15, 0.2) is 0 Å². The number of alkyl halides is 1. The highest BCUT2D eigenvalue weighted by atomic mass is 79.9. The molecule has 0 N–H and O–H groups in total. The molecular formula is C15H13Br2FO. The summed E-state index contributed by atoms with van der Waals surface area (Å²) in [7, 11) is 1.61. The topological polar surface area (TPSA) is 9.23 Å². The molecule has 2 rings (SSSR count). The summed E-state index contributed by atoms with van der Waals surface area (Å²) in [5.74, 6) is 0.508. The Hall–Kier alpha value is -0.870. The zero-order chi connectivity index (χ0) is 14.0. The van der Waals surface area contributed by atoms with Crippen LogP contribution in [0.1, 0.15) is 21.5 Å². The fourth-order valence-corrected chi connectivity index (χ4v) is 3.02. The number of benzene rings is 2. The van der Waals surface area contributed by atoms with Crippen LogP contribution in [0.2, 0.25) is 0 Å². The summed E-state index contributed by atoms with van der Waals surface area (Å²) >= 11 is 6.98. The van der Waals surface area contributed by atoms with Crippen molar-refractivity contribution in [1.29, 1.82) is 0 Å². The number of aryl methyl sites for hydroxylation is 1. The summed E-state index contributed by atoms with van der Waals surface area (Å²) in [5, 5.41) is 0. The Labute approximate surface area is 129 Å². The Morgan fingerprint density at radius 2 is 1.84 bits per heavy atom. The summed E-state index contributed by atoms with van der Waals surface area (Å²) in [5.41, 5.74) is 2.39. The van der Waals surface area contributed by atoms with E-state index in [2.05, 4.69) is 31.9 Å². The second-order valence-corrected chi connectivity index (χ2v) is 6.11. The van der Waals surface area contributed by atoms with Crippen LogP contribution in [0, 0.1) is 12.7 Å². The van der Waals surface area contributed by atoms with Gasteiger partial charge in [-0.15, -0.1) is 0 Å². The van der Waals surface area contributed by atoms with Crippen molar-refractivity contribution in [3.63, 3.8) is 0 Å². The van der Waals surface area contributed by atoms with Crippen LogP contribution in [0.15, 0.2) is 40.9 Å². The minimum Gasteiger partial charge on any atom is -0.496 e. The lowest BCUT2D eigenvalue weighted by Gasteiger charge is -2.16. The first kappa shape index (κ1) is 14.5. The molecule has 2 aromatic carbocycles. The Balaban J connectivity index is 2.49. The van der Waals surface area contributed by atoms with Crippen molar-refractivity contribution in [3.05, 3.63) is 63.4 Å². The van der Waals surface area contributed by atoms with Gasteiger partial charge in [-0.2, -0.15) is 0 Å². The van der Waals surface area contributed by atoms with Crippen LogP contribution in [0.5, 0.6) is 5.75 Å². The zero-order valence-corrected chi connectivity index (χ0v) is 13.8. The maximum atomic E-state index is 14.0. The van der Waals surface area contributed by atoms with E-state index >= 15 is 0 Å². The quantitative estimate of drug-likeness (QED) is 0.641. The molecule has 0 aromatic heterocycles. The monoisotopic (exact) mass is 386 g/mol. The third kappa shape index (κ3) is 3.18. The van der Waals surface area contributed by atoms with Crippen LogP contribution < -0.4 is 4.74 Å². The lowest BCUT2D eigenvalue weighted by Crippen LogP contribution is -2.00. The molecule has 4 heteroatoms. The fourth-order valence-electron chi connectivity index (χ4n) is 1.91. The van der Waals surface area contributed by atoms with E-state index in [9.17, 15) is 4.39 Å². The summed E-state index contributed by atoms with van der Waals surface area (Å²) < 4.78 is 20.3. The van der Waals surface area contributed by atoms with Crippen molar-refractivity contribution in [3.8, 4) is 5.75 Å². The summed E-state index contributed by atoms with van der Waals surface area (Å²) in [4.78, 5) is -0.249. The molecule has 0 saturated carbocycles. The van der Waals surface area contributed by atoms with Crippen molar-refractivity contribution < 1.29 is 9.13 Å². The predicted octanol–water partition coefficient (Wildman–Crippen LogP) is 5.39. The van der Waals surface area contributed by atoms with Crippen molar-refractivity contribution in [1.82, 2.24) is 0 Å². The number of methoxy groups -OCH3 is 1. The first-order valence-corrected chi connectivity index (χ1v) is 7.47. The molecule has 1 nitrogen and oxygen atoms in total. The summed E-state index contributed by atoms with van der Waals surface area (Å²) in [6.07, 6.45) is 0. The van der Waals surface area contributed by atoms with Gasteiger partial charge in [-0.1, -0.05) is 44.0 Å². The highest BCUT2D eigenvalue weighted by Crippen LogP contribution is 2.39. The van der Waals surface area contributed by atoms with Crippen LogP contribution in [0.25, 0.3) is 0 Å².